The molecule has 0 saturated heterocycles. The summed E-state index contributed by atoms with van der Waals surface area (Å²) < 4.78 is 39.7. The molecule has 1 aromatic carbocycles. The van der Waals surface area contributed by atoms with Crippen LogP contribution in [0.3, 0.4) is 0 Å². The maximum Gasteiger partial charge on any atom is 0.417 e. The minimum absolute atomic E-state index is 0.0700. The van der Waals surface area contributed by atoms with Gasteiger partial charge in [0.1, 0.15) is 5.82 Å². The molecular formula is C7H3ClFNO4S. The maximum atomic E-state index is 13.2. The Bertz CT molecular complexity index is 687. The van der Waals surface area contributed by atoms with Crippen LogP contribution in [0.2, 0.25) is 0 Å². The molecule has 1 N–H and O–H groups in total. The highest BCUT2D eigenvalue weighted by Gasteiger charge is 2.23. The molecule has 0 aliphatic heterocycles. The molecule has 15 heavy (non-hydrogen) atoms. The van der Waals surface area contributed by atoms with Gasteiger partial charge in [0.05, 0.1) is 5.52 Å². The van der Waals surface area contributed by atoms with E-state index in [1.807, 2.05) is 0 Å². The first-order valence-electron chi connectivity index (χ1n) is 3.65. The third-order valence-corrected chi connectivity index (χ3v) is 3.07. The number of H-pyrrole nitrogens is 1. The monoisotopic (exact) mass is 251 g/mol. The number of oxazole rings is 1. The summed E-state index contributed by atoms with van der Waals surface area (Å²) in [5.74, 6) is -1.95. The van der Waals surface area contributed by atoms with Crippen molar-refractivity contribution in [1.29, 1.82) is 0 Å². The van der Waals surface area contributed by atoms with Crippen molar-refractivity contribution >= 4 is 30.8 Å². The minimum atomic E-state index is -4.30. The Morgan fingerprint density at radius 3 is 2.67 bits per heavy atom. The molecule has 2 rings (SSSR count). The van der Waals surface area contributed by atoms with Gasteiger partial charge in [-0.2, -0.15) is 0 Å². The molecule has 0 unspecified atom stereocenters. The van der Waals surface area contributed by atoms with Crippen molar-refractivity contribution < 1.29 is 17.2 Å². The highest BCUT2D eigenvalue weighted by Crippen LogP contribution is 2.26. The zero-order chi connectivity index (χ0) is 11.2. The number of hydrogen-bond donors (Lipinski definition) is 1. The van der Waals surface area contributed by atoms with E-state index in [1.54, 1.807) is 0 Å². The van der Waals surface area contributed by atoms with Crippen molar-refractivity contribution in [3.8, 4) is 0 Å². The zero-order valence-corrected chi connectivity index (χ0v) is 8.52. The number of aromatic nitrogens is 1. The molecule has 0 atom stereocenters. The molecular weight excluding hydrogens is 249 g/mol. The van der Waals surface area contributed by atoms with Crippen molar-refractivity contribution in [3.05, 3.63) is 28.5 Å². The molecule has 0 aliphatic rings. The van der Waals surface area contributed by atoms with Gasteiger partial charge in [-0.15, -0.1) is 0 Å². The summed E-state index contributed by atoms with van der Waals surface area (Å²) in [7, 11) is 0.706. The Balaban J connectivity index is 3.04. The van der Waals surface area contributed by atoms with E-state index in [-0.39, 0.29) is 5.52 Å². The predicted octanol–water partition coefficient (Wildman–Crippen LogP) is 1.19. The van der Waals surface area contributed by atoms with Crippen molar-refractivity contribution in [3.63, 3.8) is 0 Å². The number of hydrogen-bond acceptors (Lipinski definition) is 4. The average molecular weight is 252 g/mol. The lowest BCUT2D eigenvalue weighted by atomic mass is 10.3. The second kappa shape index (κ2) is 3.07. The quantitative estimate of drug-likeness (QED) is 0.772. The second-order valence-electron chi connectivity index (χ2n) is 2.71. The lowest BCUT2D eigenvalue weighted by Gasteiger charge is -1.97. The Morgan fingerprint density at radius 1 is 1.40 bits per heavy atom. The molecule has 0 aliphatic carbocycles. The molecule has 0 saturated carbocycles. The van der Waals surface area contributed by atoms with Gasteiger partial charge in [-0.25, -0.2) is 17.6 Å². The number of benzene rings is 1. The van der Waals surface area contributed by atoms with E-state index in [0.717, 1.165) is 6.07 Å². The molecule has 5 nitrogen and oxygen atoms in total. The van der Waals surface area contributed by atoms with Crippen molar-refractivity contribution in [1.82, 2.24) is 4.98 Å². The van der Waals surface area contributed by atoms with E-state index in [0.29, 0.717) is 0 Å². The Labute approximate surface area is 86.9 Å². The Hall–Kier alpha value is -1.34. The van der Waals surface area contributed by atoms with E-state index in [9.17, 15) is 17.6 Å². The third kappa shape index (κ3) is 1.64. The van der Waals surface area contributed by atoms with E-state index >= 15 is 0 Å². The smallest absolute Gasteiger partial charge is 0.406 e. The fourth-order valence-electron chi connectivity index (χ4n) is 1.19. The summed E-state index contributed by atoms with van der Waals surface area (Å²) in [6.07, 6.45) is 0. The van der Waals surface area contributed by atoms with E-state index < -0.39 is 31.1 Å². The van der Waals surface area contributed by atoms with Crippen molar-refractivity contribution in [2.45, 2.75) is 4.90 Å². The average Bonchev–Trinajstić information content (AvgIpc) is 2.41. The number of nitrogens with one attached hydrogen (secondary N) is 1. The SMILES string of the molecule is O=c1[nH]c2ccc(F)c(S(=O)(=O)Cl)c2o1. The Morgan fingerprint density at radius 2 is 2.07 bits per heavy atom. The summed E-state index contributed by atoms with van der Waals surface area (Å²) in [5, 5.41) is 0. The van der Waals surface area contributed by atoms with Gasteiger partial charge < -0.3 is 4.42 Å². The maximum absolute atomic E-state index is 13.2. The van der Waals surface area contributed by atoms with Crippen LogP contribution >= 0.6 is 10.7 Å². The molecule has 0 fully saturated rings. The molecule has 0 spiro atoms. The number of rotatable bonds is 1. The first-order chi connectivity index (χ1) is 6.89. The third-order valence-electron chi connectivity index (χ3n) is 1.74. The summed E-state index contributed by atoms with van der Waals surface area (Å²) in [4.78, 5) is 12.1. The van der Waals surface area contributed by atoms with Gasteiger partial charge in [-0.3, -0.25) is 4.98 Å². The van der Waals surface area contributed by atoms with E-state index in [4.69, 9.17) is 10.7 Å². The van der Waals surface area contributed by atoms with Gasteiger partial charge in [0.15, 0.2) is 10.5 Å². The molecule has 0 amide bonds. The first kappa shape index (κ1) is 10.2. The normalized spacial score (nSPS) is 12.1. The lowest BCUT2D eigenvalue weighted by Crippen LogP contribution is -1.95. The summed E-state index contributed by atoms with van der Waals surface area (Å²) in [5.41, 5.74) is -0.337. The molecule has 8 heteroatoms. The minimum Gasteiger partial charge on any atom is -0.406 e. The van der Waals surface area contributed by atoms with Gasteiger partial charge >= 0.3 is 5.76 Å². The van der Waals surface area contributed by atoms with Crippen LogP contribution in [0.5, 0.6) is 0 Å². The van der Waals surface area contributed by atoms with Crippen LogP contribution in [0.25, 0.3) is 11.1 Å². The Kier molecular flexibility index (Phi) is 2.09. The summed E-state index contributed by atoms with van der Waals surface area (Å²) in [6.45, 7) is 0. The van der Waals surface area contributed by atoms with Gasteiger partial charge in [-0.05, 0) is 12.1 Å². The molecule has 2 aromatic rings. The van der Waals surface area contributed by atoms with E-state index in [2.05, 4.69) is 9.40 Å². The van der Waals surface area contributed by atoms with Crippen LogP contribution in [-0.2, 0) is 9.05 Å². The fourth-order valence-corrected chi connectivity index (χ4v) is 2.30. The van der Waals surface area contributed by atoms with Crippen LogP contribution < -0.4 is 5.76 Å². The number of fused-ring (bicyclic) bond motifs is 1. The van der Waals surface area contributed by atoms with Crippen LogP contribution in [0.1, 0.15) is 0 Å². The molecule has 80 valence electrons. The highest BCUT2D eigenvalue weighted by molar-refractivity contribution is 8.14. The van der Waals surface area contributed by atoms with Gasteiger partial charge in [0, 0.05) is 10.7 Å². The second-order valence-corrected chi connectivity index (χ2v) is 5.21. The van der Waals surface area contributed by atoms with Crippen molar-refractivity contribution in [2.24, 2.45) is 0 Å². The van der Waals surface area contributed by atoms with E-state index in [1.165, 1.54) is 6.07 Å². The molecule has 0 radical (unpaired) electrons. The first-order valence-corrected chi connectivity index (χ1v) is 5.96. The summed E-state index contributed by atoms with van der Waals surface area (Å²) >= 11 is 0. The highest BCUT2D eigenvalue weighted by atomic mass is 35.7. The lowest BCUT2D eigenvalue weighted by molar-refractivity contribution is 0.530. The van der Waals surface area contributed by atoms with Crippen LogP contribution in [0.4, 0.5) is 4.39 Å². The number of halogens is 2. The van der Waals surface area contributed by atoms with Crippen LogP contribution in [-0.4, -0.2) is 13.4 Å². The molecule has 0 bridgehead atoms. The van der Waals surface area contributed by atoms with Gasteiger partial charge in [0.2, 0.25) is 0 Å². The zero-order valence-electron chi connectivity index (χ0n) is 6.95. The van der Waals surface area contributed by atoms with Crippen LogP contribution in [0.15, 0.2) is 26.2 Å². The van der Waals surface area contributed by atoms with Crippen LogP contribution in [0, 0.1) is 5.82 Å². The van der Waals surface area contributed by atoms with Crippen molar-refractivity contribution in [2.75, 3.05) is 0 Å². The standard InChI is InChI=1S/C7H3ClFNO4S/c8-15(12,13)6-3(9)1-2-4-5(6)14-7(11)10-4/h1-2H,(H,10,11). The predicted molar refractivity (Wildman–Crippen MR) is 49.8 cm³/mol. The number of aromatic amines is 1. The topological polar surface area (TPSA) is 80.1 Å². The molecule has 1 aromatic heterocycles. The van der Waals surface area contributed by atoms with Gasteiger partial charge in [-0.1, -0.05) is 0 Å². The van der Waals surface area contributed by atoms with Gasteiger partial charge in [0.25, 0.3) is 9.05 Å². The fraction of sp³-hybridized carbons (Fsp3) is 0. The largest absolute Gasteiger partial charge is 0.417 e. The molecule has 1 heterocycles. The summed E-state index contributed by atoms with van der Waals surface area (Å²) in [6, 6.07) is 2.06.